The maximum atomic E-state index is 11.2. The van der Waals surface area contributed by atoms with Crippen LogP contribution in [0.25, 0.3) is 0 Å². The van der Waals surface area contributed by atoms with Gasteiger partial charge in [0.2, 0.25) is 0 Å². The minimum absolute atomic E-state index is 0.00139. The third kappa shape index (κ3) is 2.59. The van der Waals surface area contributed by atoms with Crippen LogP contribution in [0, 0.1) is 5.92 Å². The Morgan fingerprint density at radius 3 is 2.44 bits per heavy atom. The highest BCUT2D eigenvalue weighted by atomic mass is 32.2. The van der Waals surface area contributed by atoms with Crippen molar-refractivity contribution >= 4 is 18.0 Å². The van der Waals surface area contributed by atoms with Crippen LogP contribution in [0.1, 0.15) is 24.3 Å². The first-order chi connectivity index (χ1) is 7.81. The van der Waals surface area contributed by atoms with Crippen molar-refractivity contribution in [1.82, 2.24) is 0 Å². The number of rotatable bonds is 3. The molecule has 1 fully saturated rings. The van der Waals surface area contributed by atoms with E-state index < -0.39 is 0 Å². The molecular weight excluding hydrogens is 220 g/mol. The number of hydrogen-bond donors (Lipinski definition) is 1. The van der Waals surface area contributed by atoms with Gasteiger partial charge in [0.1, 0.15) is 12.0 Å². The molecule has 1 atom stereocenters. The summed E-state index contributed by atoms with van der Waals surface area (Å²) in [5.74, 6) is 3.05. The van der Waals surface area contributed by atoms with Gasteiger partial charge in [-0.3, -0.25) is 0 Å². The maximum absolute atomic E-state index is 11.2. The van der Waals surface area contributed by atoms with E-state index in [1.54, 1.807) is 12.1 Å². The van der Waals surface area contributed by atoms with E-state index in [0.717, 1.165) is 36.2 Å². The third-order valence-corrected chi connectivity index (χ3v) is 4.25. The van der Waals surface area contributed by atoms with Gasteiger partial charge in [-0.2, -0.15) is 11.8 Å². The van der Waals surface area contributed by atoms with Crippen molar-refractivity contribution in [2.75, 3.05) is 11.5 Å². The predicted molar refractivity (Wildman–Crippen MR) is 67.0 cm³/mol. The molecule has 1 aliphatic rings. The summed E-state index contributed by atoms with van der Waals surface area (Å²) in [7, 11) is 0. The Morgan fingerprint density at radius 1 is 1.25 bits per heavy atom. The van der Waals surface area contributed by atoms with Crippen molar-refractivity contribution in [3.63, 3.8) is 0 Å². The Balaban J connectivity index is 2.14. The first-order valence-corrected chi connectivity index (χ1v) is 6.78. The zero-order valence-corrected chi connectivity index (χ0v) is 9.95. The second kappa shape index (κ2) is 5.39. The van der Waals surface area contributed by atoms with E-state index >= 15 is 0 Å². The molecule has 1 N–H and O–H groups in total. The first kappa shape index (κ1) is 11.5. The summed E-state index contributed by atoms with van der Waals surface area (Å²) in [5.41, 5.74) is 1.03. The highest BCUT2D eigenvalue weighted by Gasteiger charge is 2.24. The first-order valence-electron chi connectivity index (χ1n) is 5.63. The predicted octanol–water partition coefficient (Wildman–Crippen LogP) is 2.82. The topological polar surface area (TPSA) is 37.3 Å². The fourth-order valence-corrected chi connectivity index (χ4v) is 3.38. The summed E-state index contributed by atoms with van der Waals surface area (Å²) >= 11 is 1.97. The fourth-order valence-electron chi connectivity index (χ4n) is 2.23. The SMILES string of the molecule is O=CC(c1ccc(O)cc1)C1CCSCC1. The van der Waals surface area contributed by atoms with E-state index in [9.17, 15) is 9.90 Å². The van der Waals surface area contributed by atoms with Crippen molar-refractivity contribution in [1.29, 1.82) is 0 Å². The van der Waals surface area contributed by atoms with Crippen LogP contribution >= 0.6 is 11.8 Å². The minimum atomic E-state index is 0.00139. The van der Waals surface area contributed by atoms with E-state index in [-0.39, 0.29) is 11.7 Å². The number of carbonyl (C=O) groups excluding carboxylic acids is 1. The number of thioether (sulfide) groups is 1. The molecule has 86 valence electrons. The van der Waals surface area contributed by atoms with Crippen LogP contribution in [0.5, 0.6) is 5.75 Å². The summed E-state index contributed by atoms with van der Waals surface area (Å²) in [5, 5.41) is 9.23. The van der Waals surface area contributed by atoms with Crippen LogP contribution in [-0.4, -0.2) is 22.9 Å². The molecule has 16 heavy (non-hydrogen) atoms. The molecule has 2 rings (SSSR count). The van der Waals surface area contributed by atoms with Gasteiger partial charge < -0.3 is 9.90 Å². The summed E-state index contributed by atoms with van der Waals surface area (Å²) in [6.07, 6.45) is 3.30. The summed E-state index contributed by atoms with van der Waals surface area (Å²) in [6, 6.07) is 7.03. The highest BCUT2D eigenvalue weighted by Crippen LogP contribution is 2.34. The molecule has 0 amide bonds. The number of phenolic OH excluding ortho intramolecular Hbond substituents is 1. The summed E-state index contributed by atoms with van der Waals surface area (Å²) in [6.45, 7) is 0. The number of hydrogen-bond acceptors (Lipinski definition) is 3. The van der Waals surface area contributed by atoms with Crippen molar-refractivity contribution in [2.24, 2.45) is 5.92 Å². The lowest BCUT2D eigenvalue weighted by atomic mass is 9.83. The van der Waals surface area contributed by atoms with Crippen LogP contribution < -0.4 is 0 Å². The van der Waals surface area contributed by atoms with Crippen LogP contribution in [0.3, 0.4) is 0 Å². The lowest BCUT2D eigenvalue weighted by molar-refractivity contribution is -0.110. The minimum Gasteiger partial charge on any atom is -0.508 e. The highest BCUT2D eigenvalue weighted by molar-refractivity contribution is 7.99. The van der Waals surface area contributed by atoms with Crippen molar-refractivity contribution < 1.29 is 9.90 Å². The zero-order valence-electron chi connectivity index (χ0n) is 9.13. The number of benzene rings is 1. The number of carbonyl (C=O) groups is 1. The van der Waals surface area contributed by atoms with Gasteiger partial charge in [0, 0.05) is 5.92 Å². The van der Waals surface area contributed by atoms with E-state index in [0.29, 0.717) is 5.92 Å². The molecule has 0 saturated carbocycles. The average Bonchev–Trinajstić information content (AvgIpc) is 2.34. The van der Waals surface area contributed by atoms with Gasteiger partial charge in [-0.15, -0.1) is 0 Å². The molecule has 0 aromatic heterocycles. The summed E-state index contributed by atoms with van der Waals surface area (Å²) < 4.78 is 0. The Bertz CT molecular complexity index is 341. The lowest BCUT2D eigenvalue weighted by Gasteiger charge is -2.26. The Hall–Kier alpha value is -0.960. The third-order valence-electron chi connectivity index (χ3n) is 3.20. The second-order valence-corrected chi connectivity index (χ2v) is 5.43. The Labute approximate surface area is 100 Å². The maximum Gasteiger partial charge on any atom is 0.127 e. The lowest BCUT2D eigenvalue weighted by Crippen LogP contribution is -2.19. The molecular formula is C13H16O2S. The quantitative estimate of drug-likeness (QED) is 0.820. The van der Waals surface area contributed by atoms with Crippen LogP contribution in [0.2, 0.25) is 0 Å². The van der Waals surface area contributed by atoms with Gasteiger partial charge in [0.05, 0.1) is 0 Å². The van der Waals surface area contributed by atoms with Crippen LogP contribution in [0.15, 0.2) is 24.3 Å². The average molecular weight is 236 g/mol. The molecule has 0 aliphatic carbocycles. The standard InChI is InChI=1S/C13H16O2S/c14-9-13(11-5-7-16-8-6-11)10-1-3-12(15)4-2-10/h1-4,9,11,13,15H,5-8H2. The molecule has 1 unspecified atom stereocenters. The molecule has 1 aliphatic heterocycles. The van der Waals surface area contributed by atoms with Gasteiger partial charge in [-0.05, 0) is 48.0 Å². The molecule has 0 radical (unpaired) electrons. The summed E-state index contributed by atoms with van der Waals surface area (Å²) in [4.78, 5) is 11.2. The van der Waals surface area contributed by atoms with Crippen LogP contribution in [-0.2, 0) is 4.79 Å². The van der Waals surface area contributed by atoms with Crippen molar-refractivity contribution in [2.45, 2.75) is 18.8 Å². The number of aldehydes is 1. The zero-order chi connectivity index (χ0) is 11.4. The molecule has 1 aromatic carbocycles. The Kier molecular flexibility index (Phi) is 3.88. The molecule has 2 nitrogen and oxygen atoms in total. The normalized spacial score (nSPS) is 19.2. The van der Waals surface area contributed by atoms with Gasteiger partial charge in [0.15, 0.2) is 0 Å². The van der Waals surface area contributed by atoms with Crippen LogP contribution in [0.4, 0.5) is 0 Å². The number of aromatic hydroxyl groups is 1. The molecule has 0 spiro atoms. The molecule has 1 heterocycles. The Morgan fingerprint density at radius 2 is 1.88 bits per heavy atom. The largest absolute Gasteiger partial charge is 0.508 e. The van der Waals surface area contributed by atoms with Gasteiger partial charge in [-0.25, -0.2) is 0 Å². The van der Waals surface area contributed by atoms with E-state index in [4.69, 9.17) is 0 Å². The molecule has 1 saturated heterocycles. The fraction of sp³-hybridized carbons (Fsp3) is 0.462. The van der Waals surface area contributed by atoms with Crippen molar-refractivity contribution in [3.8, 4) is 5.75 Å². The monoisotopic (exact) mass is 236 g/mol. The van der Waals surface area contributed by atoms with E-state index in [1.165, 1.54) is 0 Å². The molecule has 0 bridgehead atoms. The van der Waals surface area contributed by atoms with E-state index in [2.05, 4.69) is 0 Å². The second-order valence-electron chi connectivity index (χ2n) is 4.20. The van der Waals surface area contributed by atoms with Crippen molar-refractivity contribution in [3.05, 3.63) is 29.8 Å². The van der Waals surface area contributed by atoms with E-state index in [1.807, 2.05) is 23.9 Å². The smallest absolute Gasteiger partial charge is 0.127 e. The van der Waals surface area contributed by atoms with Gasteiger partial charge in [0.25, 0.3) is 0 Å². The molecule has 3 heteroatoms. The molecule has 1 aromatic rings. The van der Waals surface area contributed by atoms with Gasteiger partial charge in [-0.1, -0.05) is 12.1 Å². The van der Waals surface area contributed by atoms with Gasteiger partial charge >= 0.3 is 0 Å². The number of phenols is 1.